The van der Waals surface area contributed by atoms with Crippen molar-refractivity contribution in [3.05, 3.63) is 35.9 Å². The second-order valence-corrected chi connectivity index (χ2v) is 4.73. The monoisotopic (exact) mass is 249 g/mol. The van der Waals surface area contributed by atoms with Crippen LogP contribution in [0.15, 0.2) is 30.3 Å². The van der Waals surface area contributed by atoms with Gasteiger partial charge in [-0.25, -0.2) is 0 Å². The van der Waals surface area contributed by atoms with Gasteiger partial charge in [-0.1, -0.05) is 30.3 Å². The first-order chi connectivity index (χ1) is 8.95. The summed E-state index contributed by atoms with van der Waals surface area (Å²) in [7, 11) is 0. The highest BCUT2D eigenvalue weighted by molar-refractivity contribution is 5.14. The average Bonchev–Trinajstić information content (AvgIpc) is 2.45. The Morgan fingerprint density at radius 2 is 2.11 bits per heavy atom. The van der Waals surface area contributed by atoms with Gasteiger partial charge in [-0.3, -0.25) is 0 Å². The van der Waals surface area contributed by atoms with Crippen molar-refractivity contribution in [1.82, 2.24) is 5.32 Å². The minimum absolute atomic E-state index is 0.327. The molecule has 2 rings (SSSR count). The van der Waals surface area contributed by atoms with Gasteiger partial charge in [-0.15, -0.1) is 0 Å². The fourth-order valence-corrected chi connectivity index (χ4v) is 2.13. The van der Waals surface area contributed by atoms with Crippen molar-refractivity contribution in [3.63, 3.8) is 0 Å². The Morgan fingerprint density at radius 1 is 1.22 bits per heavy atom. The van der Waals surface area contributed by atoms with Crippen LogP contribution in [0.2, 0.25) is 0 Å². The Kier molecular flexibility index (Phi) is 6.20. The molecule has 0 aromatic heterocycles. The van der Waals surface area contributed by atoms with Gasteiger partial charge in [0.25, 0.3) is 0 Å². The van der Waals surface area contributed by atoms with Crippen LogP contribution < -0.4 is 5.32 Å². The van der Waals surface area contributed by atoms with Crippen molar-refractivity contribution in [2.45, 2.75) is 31.9 Å². The fraction of sp³-hybridized carbons (Fsp3) is 0.600. The molecule has 0 amide bonds. The van der Waals surface area contributed by atoms with Crippen molar-refractivity contribution < 1.29 is 9.47 Å². The molecule has 1 aromatic carbocycles. The molecule has 1 fully saturated rings. The van der Waals surface area contributed by atoms with E-state index in [0.29, 0.717) is 6.10 Å². The summed E-state index contributed by atoms with van der Waals surface area (Å²) in [4.78, 5) is 0. The molecule has 1 aromatic rings. The molecule has 0 aliphatic carbocycles. The predicted octanol–water partition coefficient (Wildman–Crippen LogP) is 2.36. The standard InChI is InChI=1S/C15H23NO2/c1-2-6-14(7-3-1)12-16-9-11-17-13-15-8-4-5-10-18-15/h1-3,6-7,15-16H,4-5,8-13H2. The predicted molar refractivity (Wildman–Crippen MR) is 72.6 cm³/mol. The average molecular weight is 249 g/mol. The van der Waals surface area contributed by atoms with Gasteiger partial charge in [-0.05, 0) is 24.8 Å². The van der Waals surface area contributed by atoms with Crippen molar-refractivity contribution >= 4 is 0 Å². The molecular formula is C15H23NO2. The first-order valence-corrected chi connectivity index (χ1v) is 6.89. The number of ether oxygens (including phenoxy) is 2. The van der Waals surface area contributed by atoms with Crippen LogP contribution in [0.3, 0.4) is 0 Å². The molecule has 1 saturated heterocycles. The number of hydrogen-bond acceptors (Lipinski definition) is 3. The number of hydrogen-bond donors (Lipinski definition) is 1. The van der Waals surface area contributed by atoms with E-state index < -0.39 is 0 Å². The molecule has 0 spiro atoms. The number of nitrogens with one attached hydrogen (secondary N) is 1. The molecule has 18 heavy (non-hydrogen) atoms. The van der Waals surface area contributed by atoms with Gasteiger partial charge in [0, 0.05) is 19.7 Å². The van der Waals surface area contributed by atoms with Crippen molar-refractivity contribution in [3.8, 4) is 0 Å². The zero-order chi connectivity index (χ0) is 12.5. The lowest BCUT2D eigenvalue weighted by Crippen LogP contribution is -2.26. The van der Waals surface area contributed by atoms with E-state index in [2.05, 4.69) is 29.6 Å². The highest BCUT2D eigenvalue weighted by atomic mass is 16.5. The Labute approximate surface area is 109 Å². The van der Waals surface area contributed by atoms with E-state index in [-0.39, 0.29) is 0 Å². The molecule has 0 bridgehead atoms. The SMILES string of the molecule is c1ccc(CNCCOCC2CCCCO2)cc1. The van der Waals surface area contributed by atoms with Crippen LogP contribution in [0.5, 0.6) is 0 Å². The van der Waals surface area contributed by atoms with E-state index in [4.69, 9.17) is 9.47 Å². The normalized spacial score (nSPS) is 19.9. The summed E-state index contributed by atoms with van der Waals surface area (Å²) in [6.45, 7) is 4.20. The Balaban J connectivity index is 1.46. The third-order valence-electron chi connectivity index (χ3n) is 3.17. The van der Waals surface area contributed by atoms with Crippen LogP contribution in [-0.2, 0) is 16.0 Å². The Hall–Kier alpha value is -0.900. The first kappa shape index (κ1) is 13.5. The van der Waals surface area contributed by atoms with E-state index >= 15 is 0 Å². The molecule has 3 heteroatoms. The van der Waals surface area contributed by atoms with Crippen LogP contribution in [0, 0.1) is 0 Å². The second kappa shape index (κ2) is 8.25. The van der Waals surface area contributed by atoms with Gasteiger partial charge in [0.1, 0.15) is 0 Å². The van der Waals surface area contributed by atoms with Gasteiger partial charge in [-0.2, -0.15) is 0 Å². The second-order valence-electron chi connectivity index (χ2n) is 4.73. The molecule has 3 nitrogen and oxygen atoms in total. The maximum Gasteiger partial charge on any atom is 0.0808 e. The first-order valence-electron chi connectivity index (χ1n) is 6.89. The lowest BCUT2D eigenvalue weighted by Gasteiger charge is -2.22. The molecule has 1 aliphatic heterocycles. The third kappa shape index (κ3) is 5.17. The van der Waals surface area contributed by atoms with Gasteiger partial charge in [0.2, 0.25) is 0 Å². The zero-order valence-corrected chi connectivity index (χ0v) is 10.9. The van der Waals surface area contributed by atoms with Crippen LogP contribution in [-0.4, -0.2) is 32.5 Å². The third-order valence-corrected chi connectivity index (χ3v) is 3.17. The summed E-state index contributed by atoms with van der Waals surface area (Å²) >= 11 is 0. The van der Waals surface area contributed by atoms with Crippen LogP contribution in [0.1, 0.15) is 24.8 Å². The van der Waals surface area contributed by atoms with E-state index in [1.165, 1.54) is 18.4 Å². The number of benzene rings is 1. The molecule has 1 N–H and O–H groups in total. The summed E-state index contributed by atoms with van der Waals surface area (Å²) in [5.41, 5.74) is 1.31. The van der Waals surface area contributed by atoms with Crippen LogP contribution in [0.25, 0.3) is 0 Å². The summed E-state index contributed by atoms with van der Waals surface area (Å²) in [6, 6.07) is 10.4. The Morgan fingerprint density at radius 3 is 2.89 bits per heavy atom. The smallest absolute Gasteiger partial charge is 0.0808 e. The lowest BCUT2D eigenvalue weighted by atomic mass is 10.1. The van der Waals surface area contributed by atoms with Crippen molar-refractivity contribution in [1.29, 1.82) is 0 Å². The lowest BCUT2D eigenvalue weighted by molar-refractivity contribution is -0.0399. The maximum atomic E-state index is 5.62. The molecular weight excluding hydrogens is 226 g/mol. The van der Waals surface area contributed by atoms with Crippen molar-refractivity contribution in [2.24, 2.45) is 0 Å². The molecule has 1 aliphatic rings. The summed E-state index contributed by atoms with van der Waals surface area (Å²) in [6.07, 6.45) is 3.96. The van der Waals surface area contributed by atoms with Gasteiger partial charge >= 0.3 is 0 Å². The summed E-state index contributed by atoms with van der Waals surface area (Å²) in [5.74, 6) is 0. The highest BCUT2D eigenvalue weighted by Crippen LogP contribution is 2.12. The molecule has 1 unspecified atom stereocenters. The molecule has 1 heterocycles. The van der Waals surface area contributed by atoms with E-state index in [0.717, 1.165) is 39.3 Å². The van der Waals surface area contributed by atoms with Crippen molar-refractivity contribution in [2.75, 3.05) is 26.4 Å². The summed E-state index contributed by atoms with van der Waals surface area (Å²) < 4.78 is 11.2. The van der Waals surface area contributed by atoms with E-state index in [1.54, 1.807) is 0 Å². The largest absolute Gasteiger partial charge is 0.377 e. The summed E-state index contributed by atoms with van der Waals surface area (Å²) in [5, 5.41) is 3.37. The highest BCUT2D eigenvalue weighted by Gasteiger charge is 2.13. The quantitative estimate of drug-likeness (QED) is 0.753. The topological polar surface area (TPSA) is 30.5 Å². The minimum atomic E-state index is 0.327. The minimum Gasteiger partial charge on any atom is -0.377 e. The van der Waals surface area contributed by atoms with E-state index in [9.17, 15) is 0 Å². The number of rotatable bonds is 7. The van der Waals surface area contributed by atoms with Crippen LogP contribution >= 0.6 is 0 Å². The Bertz CT molecular complexity index is 310. The van der Waals surface area contributed by atoms with Gasteiger partial charge in [0.05, 0.1) is 19.3 Å². The van der Waals surface area contributed by atoms with Gasteiger partial charge < -0.3 is 14.8 Å². The van der Waals surface area contributed by atoms with Crippen LogP contribution in [0.4, 0.5) is 0 Å². The zero-order valence-electron chi connectivity index (χ0n) is 10.9. The molecule has 100 valence electrons. The molecule has 1 atom stereocenters. The maximum absolute atomic E-state index is 5.62. The van der Waals surface area contributed by atoms with E-state index in [1.807, 2.05) is 6.07 Å². The molecule has 0 radical (unpaired) electrons. The molecule has 0 saturated carbocycles. The van der Waals surface area contributed by atoms with Gasteiger partial charge in [0.15, 0.2) is 0 Å². The fourth-order valence-electron chi connectivity index (χ4n) is 2.13.